The maximum atomic E-state index is 13.0. The first kappa shape index (κ1) is 20.1. The lowest BCUT2D eigenvalue weighted by molar-refractivity contribution is 0.0473. The van der Waals surface area contributed by atoms with Gasteiger partial charge in [-0.05, 0) is 48.4 Å². The number of aromatic hydroxyl groups is 1. The lowest BCUT2D eigenvalue weighted by Gasteiger charge is -2.17. The van der Waals surface area contributed by atoms with Crippen LogP contribution in [0.3, 0.4) is 0 Å². The van der Waals surface area contributed by atoms with Crippen LogP contribution in [0.5, 0.6) is 23.0 Å². The van der Waals surface area contributed by atoms with Gasteiger partial charge in [0, 0.05) is 15.6 Å². The molecule has 0 aromatic heterocycles. The van der Waals surface area contributed by atoms with Crippen LogP contribution >= 0.6 is 15.9 Å². The highest BCUT2D eigenvalue weighted by Crippen LogP contribution is 2.44. The van der Waals surface area contributed by atoms with Crippen LogP contribution in [-0.4, -0.2) is 25.0 Å². The molecule has 0 bridgehead atoms. The number of rotatable bonds is 5. The van der Waals surface area contributed by atoms with E-state index < -0.39 is 5.97 Å². The van der Waals surface area contributed by atoms with E-state index in [0.717, 1.165) is 11.1 Å². The molecule has 0 saturated carbocycles. The fourth-order valence-electron chi connectivity index (χ4n) is 3.38. The number of aryl methyl sites for hydroxylation is 1. The summed E-state index contributed by atoms with van der Waals surface area (Å²) in [7, 11) is 1.48. The lowest BCUT2D eigenvalue weighted by atomic mass is 9.94. The van der Waals surface area contributed by atoms with Crippen molar-refractivity contribution >= 4 is 21.9 Å². The minimum absolute atomic E-state index is 0.0500. The van der Waals surface area contributed by atoms with Crippen molar-refractivity contribution in [2.75, 3.05) is 13.9 Å². The SMILES string of the molecule is COc1ccc(Br)c(-c2c(C)cccc2C(=O)OCc2ccc3c(c2)OCO3)c1O. The van der Waals surface area contributed by atoms with Crippen molar-refractivity contribution in [1.82, 2.24) is 0 Å². The zero-order valence-electron chi connectivity index (χ0n) is 16.4. The van der Waals surface area contributed by atoms with E-state index in [1.165, 1.54) is 7.11 Å². The fourth-order valence-corrected chi connectivity index (χ4v) is 3.90. The van der Waals surface area contributed by atoms with Gasteiger partial charge in [0.1, 0.15) is 6.61 Å². The second kappa shape index (κ2) is 8.28. The summed E-state index contributed by atoms with van der Waals surface area (Å²) >= 11 is 3.48. The molecule has 7 heteroatoms. The molecule has 6 nitrogen and oxygen atoms in total. The molecule has 0 spiro atoms. The first-order valence-corrected chi connectivity index (χ1v) is 10.00. The van der Waals surface area contributed by atoms with Crippen LogP contribution in [0.1, 0.15) is 21.5 Å². The third-order valence-electron chi connectivity index (χ3n) is 4.86. The first-order chi connectivity index (χ1) is 14.5. The van der Waals surface area contributed by atoms with Crippen LogP contribution in [0.2, 0.25) is 0 Å². The summed E-state index contributed by atoms with van der Waals surface area (Å²) < 4.78 is 22.1. The number of fused-ring (bicyclic) bond motifs is 1. The number of carbonyl (C=O) groups excluding carboxylic acids is 1. The molecule has 0 aliphatic carbocycles. The molecule has 1 aliphatic rings. The number of phenolic OH excluding ortho intramolecular Hbond substituents is 1. The molecular formula is C23H19BrO6. The Morgan fingerprint density at radius 3 is 2.70 bits per heavy atom. The molecule has 4 rings (SSSR count). The number of hydrogen-bond acceptors (Lipinski definition) is 6. The highest BCUT2D eigenvalue weighted by atomic mass is 79.9. The summed E-state index contributed by atoms with van der Waals surface area (Å²) in [5.41, 5.74) is 3.00. The van der Waals surface area contributed by atoms with E-state index in [2.05, 4.69) is 15.9 Å². The first-order valence-electron chi connectivity index (χ1n) is 9.20. The lowest BCUT2D eigenvalue weighted by Crippen LogP contribution is -2.08. The second-order valence-corrected chi connectivity index (χ2v) is 7.59. The van der Waals surface area contributed by atoms with Gasteiger partial charge in [-0.3, -0.25) is 0 Å². The number of ether oxygens (including phenoxy) is 4. The van der Waals surface area contributed by atoms with Crippen LogP contribution < -0.4 is 14.2 Å². The number of methoxy groups -OCH3 is 1. The van der Waals surface area contributed by atoms with Gasteiger partial charge in [0.25, 0.3) is 0 Å². The summed E-state index contributed by atoms with van der Waals surface area (Å²) in [6.07, 6.45) is 0. The number of carbonyl (C=O) groups is 1. The van der Waals surface area contributed by atoms with Crippen molar-refractivity contribution in [3.63, 3.8) is 0 Å². The highest BCUT2D eigenvalue weighted by Gasteiger charge is 2.23. The van der Waals surface area contributed by atoms with E-state index >= 15 is 0 Å². The van der Waals surface area contributed by atoms with Crippen LogP contribution in [0.15, 0.2) is 53.0 Å². The maximum Gasteiger partial charge on any atom is 0.339 e. The van der Waals surface area contributed by atoms with Crippen LogP contribution in [0, 0.1) is 6.92 Å². The van der Waals surface area contributed by atoms with Gasteiger partial charge in [-0.1, -0.05) is 34.1 Å². The zero-order valence-corrected chi connectivity index (χ0v) is 18.0. The van der Waals surface area contributed by atoms with Gasteiger partial charge in [-0.15, -0.1) is 0 Å². The predicted molar refractivity (Wildman–Crippen MR) is 114 cm³/mol. The van der Waals surface area contributed by atoms with Crippen LogP contribution in [0.4, 0.5) is 0 Å². The standard InChI is InChI=1S/C23H19BrO6/c1-13-4-3-5-15(20(13)21-16(24)7-9-18(27-2)22(21)25)23(26)28-11-14-6-8-17-19(10-14)30-12-29-17/h3-10,25H,11-12H2,1-2H3. The second-order valence-electron chi connectivity index (χ2n) is 6.73. The molecule has 0 amide bonds. The third-order valence-corrected chi connectivity index (χ3v) is 5.52. The molecule has 0 atom stereocenters. The van der Waals surface area contributed by atoms with E-state index in [1.807, 2.05) is 19.1 Å². The quantitative estimate of drug-likeness (QED) is 0.515. The van der Waals surface area contributed by atoms with Crippen molar-refractivity contribution in [1.29, 1.82) is 0 Å². The van der Waals surface area contributed by atoms with Crippen molar-refractivity contribution < 1.29 is 28.8 Å². The summed E-state index contributed by atoms with van der Waals surface area (Å²) in [6, 6.07) is 14.1. The van der Waals surface area contributed by atoms with Gasteiger partial charge in [0.2, 0.25) is 6.79 Å². The average molecular weight is 471 g/mol. The van der Waals surface area contributed by atoms with Crippen molar-refractivity contribution in [3.05, 3.63) is 69.7 Å². The Kier molecular flexibility index (Phi) is 5.55. The normalized spacial score (nSPS) is 12.0. The largest absolute Gasteiger partial charge is 0.504 e. The molecule has 3 aromatic carbocycles. The summed E-state index contributed by atoms with van der Waals surface area (Å²) in [4.78, 5) is 13.0. The summed E-state index contributed by atoms with van der Waals surface area (Å²) in [6.45, 7) is 2.13. The number of halogens is 1. The topological polar surface area (TPSA) is 74.2 Å². The zero-order chi connectivity index (χ0) is 21.3. The van der Waals surface area contributed by atoms with Gasteiger partial charge in [-0.2, -0.15) is 0 Å². The average Bonchev–Trinajstić information content (AvgIpc) is 3.21. The summed E-state index contributed by atoms with van der Waals surface area (Å²) in [5.74, 6) is 1.07. The van der Waals surface area contributed by atoms with Crippen molar-refractivity contribution in [3.8, 4) is 34.1 Å². The van der Waals surface area contributed by atoms with Gasteiger partial charge < -0.3 is 24.1 Å². The molecule has 0 saturated heterocycles. The van der Waals surface area contributed by atoms with E-state index in [9.17, 15) is 9.90 Å². The van der Waals surface area contributed by atoms with E-state index in [0.29, 0.717) is 38.4 Å². The Morgan fingerprint density at radius 1 is 1.10 bits per heavy atom. The maximum absolute atomic E-state index is 13.0. The summed E-state index contributed by atoms with van der Waals surface area (Å²) in [5, 5.41) is 10.7. The Hall–Kier alpha value is -3.19. The predicted octanol–water partition coefficient (Wildman–Crippen LogP) is 5.22. The Labute approximate surface area is 182 Å². The molecule has 3 aromatic rings. The molecule has 1 heterocycles. The smallest absolute Gasteiger partial charge is 0.339 e. The monoisotopic (exact) mass is 470 g/mol. The Balaban J connectivity index is 1.66. The number of benzene rings is 3. The van der Waals surface area contributed by atoms with E-state index in [4.69, 9.17) is 18.9 Å². The minimum Gasteiger partial charge on any atom is -0.504 e. The van der Waals surface area contributed by atoms with Crippen LogP contribution in [0.25, 0.3) is 11.1 Å². The molecule has 0 fully saturated rings. The molecule has 30 heavy (non-hydrogen) atoms. The molecule has 154 valence electrons. The Morgan fingerprint density at radius 2 is 1.90 bits per heavy atom. The van der Waals surface area contributed by atoms with Crippen molar-refractivity contribution in [2.45, 2.75) is 13.5 Å². The fraction of sp³-hybridized carbons (Fsp3) is 0.174. The minimum atomic E-state index is -0.500. The van der Waals surface area contributed by atoms with Crippen molar-refractivity contribution in [2.24, 2.45) is 0 Å². The molecular weight excluding hydrogens is 452 g/mol. The Bertz CT molecular complexity index is 1120. The van der Waals surface area contributed by atoms with Gasteiger partial charge in [0.15, 0.2) is 23.0 Å². The molecule has 0 radical (unpaired) electrons. The van der Waals surface area contributed by atoms with Gasteiger partial charge in [0.05, 0.1) is 12.7 Å². The van der Waals surface area contributed by atoms with E-state index in [-0.39, 0.29) is 19.1 Å². The number of phenols is 1. The van der Waals surface area contributed by atoms with Crippen LogP contribution in [-0.2, 0) is 11.3 Å². The van der Waals surface area contributed by atoms with Gasteiger partial charge in [-0.25, -0.2) is 4.79 Å². The molecule has 1 aliphatic heterocycles. The number of hydrogen-bond donors (Lipinski definition) is 1. The van der Waals surface area contributed by atoms with Gasteiger partial charge >= 0.3 is 5.97 Å². The third kappa shape index (κ3) is 3.68. The molecule has 1 N–H and O–H groups in total. The highest BCUT2D eigenvalue weighted by molar-refractivity contribution is 9.10. The molecule has 0 unspecified atom stereocenters. The number of esters is 1. The van der Waals surface area contributed by atoms with E-state index in [1.54, 1.807) is 36.4 Å².